The molecule has 0 bridgehead atoms. The maximum Gasteiger partial charge on any atom is 0.271 e. The molecule has 134 valence electrons. The van der Waals surface area contributed by atoms with Crippen molar-refractivity contribution < 1.29 is 14.3 Å². The molecule has 0 atom stereocenters. The molecular formula is C19H25N3O3. The molecule has 1 aromatic heterocycles. The molecule has 1 heterocycles. The van der Waals surface area contributed by atoms with Gasteiger partial charge in [-0.3, -0.25) is 4.79 Å². The van der Waals surface area contributed by atoms with Crippen molar-refractivity contribution in [3.05, 3.63) is 46.8 Å². The molecular weight excluding hydrogens is 318 g/mol. The van der Waals surface area contributed by atoms with E-state index in [1.165, 1.54) is 0 Å². The molecule has 2 aromatic rings. The topological polar surface area (TPSA) is 75.7 Å². The van der Waals surface area contributed by atoms with E-state index in [1.54, 1.807) is 25.3 Å². The first-order chi connectivity index (χ1) is 12.0. The van der Waals surface area contributed by atoms with Crippen LogP contribution in [0, 0.1) is 13.8 Å². The highest BCUT2D eigenvalue weighted by Crippen LogP contribution is 2.28. The minimum atomic E-state index is -0.300. The highest BCUT2D eigenvalue weighted by atomic mass is 16.5. The molecule has 0 aliphatic carbocycles. The predicted octanol–water partition coefficient (Wildman–Crippen LogP) is 3.58. The Labute approximate surface area is 148 Å². The lowest BCUT2D eigenvalue weighted by atomic mass is 10.1. The summed E-state index contributed by atoms with van der Waals surface area (Å²) in [7, 11) is 1.55. The molecule has 6 nitrogen and oxygen atoms in total. The second-order valence-corrected chi connectivity index (χ2v) is 5.82. The Hall–Kier alpha value is -2.76. The van der Waals surface area contributed by atoms with E-state index < -0.39 is 0 Å². The number of aromatic nitrogens is 1. The Morgan fingerprint density at radius 1 is 1.28 bits per heavy atom. The summed E-state index contributed by atoms with van der Waals surface area (Å²) in [5.74, 6) is 0.851. The van der Waals surface area contributed by atoms with Gasteiger partial charge in [0.05, 0.1) is 19.4 Å². The van der Waals surface area contributed by atoms with Crippen molar-refractivity contribution in [1.29, 1.82) is 0 Å². The van der Waals surface area contributed by atoms with Gasteiger partial charge < -0.3 is 14.5 Å². The van der Waals surface area contributed by atoms with Gasteiger partial charge in [0.1, 0.15) is 0 Å². The van der Waals surface area contributed by atoms with Crippen molar-refractivity contribution >= 4 is 11.6 Å². The molecule has 0 spiro atoms. The number of nitrogens with zero attached hydrogens (tertiary/aromatic N) is 1. The van der Waals surface area contributed by atoms with E-state index in [1.807, 2.05) is 33.9 Å². The van der Waals surface area contributed by atoms with E-state index in [4.69, 9.17) is 9.47 Å². The molecule has 6 heteroatoms. The lowest BCUT2D eigenvalue weighted by molar-refractivity contribution is 0.0954. The summed E-state index contributed by atoms with van der Waals surface area (Å²) in [6.45, 7) is 8.47. The summed E-state index contributed by atoms with van der Waals surface area (Å²) in [5, 5.41) is 4.22. The van der Waals surface area contributed by atoms with Gasteiger partial charge in [-0.1, -0.05) is 6.92 Å². The van der Waals surface area contributed by atoms with Crippen LogP contribution in [0.4, 0.5) is 0 Å². The number of ether oxygens (including phenoxy) is 2. The number of hydrogen-bond donors (Lipinski definition) is 2. The number of methoxy groups -OCH3 is 1. The Morgan fingerprint density at radius 2 is 2.04 bits per heavy atom. The van der Waals surface area contributed by atoms with E-state index >= 15 is 0 Å². The first-order valence-corrected chi connectivity index (χ1v) is 8.28. The summed E-state index contributed by atoms with van der Waals surface area (Å²) in [6, 6.07) is 5.08. The van der Waals surface area contributed by atoms with Crippen LogP contribution < -0.4 is 14.9 Å². The fourth-order valence-corrected chi connectivity index (χ4v) is 2.61. The van der Waals surface area contributed by atoms with E-state index in [0.29, 0.717) is 23.7 Å². The molecule has 2 rings (SSSR count). The number of carbonyl (C=O) groups excluding carboxylic acids is 1. The van der Waals surface area contributed by atoms with Crippen LogP contribution in [0.15, 0.2) is 29.5 Å². The summed E-state index contributed by atoms with van der Waals surface area (Å²) in [4.78, 5) is 15.5. The van der Waals surface area contributed by atoms with Crippen LogP contribution in [0.5, 0.6) is 11.5 Å². The zero-order valence-corrected chi connectivity index (χ0v) is 15.4. The second kappa shape index (κ2) is 8.37. The smallest absolute Gasteiger partial charge is 0.271 e. The van der Waals surface area contributed by atoms with Gasteiger partial charge >= 0.3 is 0 Å². The van der Waals surface area contributed by atoms with Crippen molar-refractivity contribution in [1.82, 2.24) is 10.4 Å². The zero-order valence-electron chi connectivity index (χ0n) is 15.4. The standard InChI is InChI=1S/C19H25N3O3/c1-6-9-25-16-8-7-15(10-17(16)24-5)19(23)22-21-14(4)18-12(2)11-20-13(18)3/h7-8,10-11,20H,6,9H2,1-5H3,(H,22,23)/b21-14+. The molecule has 25 heavy (non-hydrogen) atoms. The number of carbonyl (C=O) groups is 1. The first kappa shape index (κ1) is 18.6. The lowest BCUT2D eigenvalue weighted by Gasteiger charge is -2.11. The quantitative estimate of drug-likeness (QED) is 0.596. The number of hydrogen-bond acceptors (Lipinski definition) is 4. The molecule has 0 saturated heterocycles. The monoisotopic (exact) mass is 343 g/mol. The maximum absolute atomic E-state index is 12.4. The molecule has 0 aliphatic heterocycles. The first-order valence-electron chi connectivity index (χ1n) is 8.28. The number of rotatable bonds is 7. The van der Waals surface area contributed by atoms with Crippen LogP contribution in [0.3, 0.4) is 0 Å². The van der Waals surface area contributed by atoms with Crippen LogP contribution in [0.1, 0.15) is 47.4 Å². The van der Waals surface area contributed by atoms with Crippen molar-refractivity contribution in [2.45, 2.75) is 34.1 Å². The number of amides is 1. The Bertz CT molecular complexity index is 759. The van der Waals surface area contributed by atoms with Gasteiger partial charge in [0.2, 0.25) is 0 Å². The van der Waals surface area contributed by atoms with Gasteiger partial charge in [-0.05, 0) is 51.0 Å². The summed E-state index contributed by atoms with van der Waals surface area (Å²) >= 11 is 0. The molecule has 2 N–H and O–H groups in total. The maximum atomic E-state index is 12.4. The van der Waals surface area contributed by atoms with Crippen LogP contribution in [-0.2, 0) is 0 Å². The minimum Gasteiger partial charge on any atom is -0.493 e. The van der Waals surface area contributed by atoms with E-state index in [2.05, 4.69) is 15.5 Å². The van der Waals surface area contributed by atoms with Gasteiger partial charge in [-0.2, -0.15) is 5.10 Å². The van der Waals surface area contributed by atoms with Crippen LogP contribution in [0.25, 0.3) is 0 Å². The van der Waals surface area contributed by atoms with Crippen molar-refractivity contribution in [2.75, 3.05) is 13.7 Å². The molecule has 0 saturated carbocycles. The lowest BCUT2D eigenvalue weighted by Crippen LogP contribution is -2.19. The fraction of sp³-hybridized carbons (Fsp3) is 0.368. The van der Waals surface area contributed by atoms with Crippen LogP contribution in [-0.4, -0.2) is 30.3 Å². The minimum absolute atomic E-state index is 0.300. The van der Waals surface area contributed by atoms with Gasteiger partial charge in [-0.25, -0.2) is 5.43 Å². The highest BCUT2D eigenvalue weighted by Gasteiger charge is 2.12. The van der Waals surface area contributed by atoms with Gasteiger partial charge in [0.15, 0.2) is 11.5 Å². The molecule has 0 fully saturated rings. The van der Waals surface area contributed by atoms with Crippen molar-refractivity contribution in [2.24, 2.45) is 5.10 Å². The number of aryl methyl sites for hydroxylation is 2. The number of H-pyrrole nitrogens is 1. The fourth-order valence-electron chi connectivity index (χ4n) is 2.61. The summed E-state index contributed by atoms with van der Waals surface area (Å²) < 4.78 is 10.9. The van der Waals surface area contributed by atoms with E-state index in [9.17, 15) is 4.79 Å². The number of hydrazone groups is 1. The largest absolute Gasteiger partial charge is 0.493 e. The molecule has 1 aromatic carbocycles. The summed E-state index contributed by atoms with van der Waals surface area (Å²) in [6.07, 6.45) is 2.82. The predicted molar refractivity (Wildman–Crippen MR) is 98.7 cm³/mol. The van der Waals surface area contributed by atoms with Crippen molar-refractivity contribution in [3.63, 3.8) is 0 Å². The van der Waals surface area contributed by atoms with Gasteiger partial charge in [0.25, 0.3) is 5.91 Å². The van der Waals surface area contributed by atoms with Gasteiger partial charge in [-0.15, -0.1) is 0 Å². The Balaban J connectivity index is 2.14. The van der Waals surface area contributed by atoms with Crippen LogP contribution >= 0.6 is 0 Å². The molecule has 0 aliphatic rings. The number of aromatic amines is 1. The third-order valence-corrected chi connectivity index (χ3v) is 3.85. The van der Waals surface area contributed by atoms with E-state index in [-0.39, 0.29) is 5.91 Å². The van der Waals surface area contributed by atoms with Crippen LogP contribution in [0.2, 0.25) is 0 Å². The van der Waals surface area contributed by atoms with Crippen molar-refractivity contribution in [3.8, 4) is 11.5 Å². The Morgan fingerprint density at radius 3 is 2.64 bits per heavy atom. The summed E-state index contributed by atoms with van der Waals surface area (Å²) in [5.41, 5.74) is 6.93. The molecule has 1 amide bonds. The third-order valence-electron chi connectivity index (χ3n) is 3.85. The normalized spacial score (nSPS) is 11.3. The van der Waals surface area contributed by atoms with Gasteiger partial charge in [0, 0.05) is 23.0 Å². The van der Waals surface area contributed by atoms with E-state index in [0.717, 1.165) is 29.0 Å². The second-order valence-electron chi connectivity index (χ2n) is 5.82. The average Bonchev–Trinajstić information content (AvgIpc) is 2.95. The average molecular weight is 343 g/mol. The zero-order chi connectivity index (χ0) is 18.4. The highest BCUT2D eigenvalue weighted by molar-refractivity contribution is 6.02. The SMILES string of the molecule is CCCOc1ccc(C(=O)N/N=C(\C)c2c(C)c[nH]c2C)cc1OC. The Kier molecular flexibility index (Phi) is 6.22. The number of nitrogens with one attached hydrogen (secondary N) is 2. The molecule has 0 radical (unpaired) electrons. The molecule has 0 unspecified atom stereocenters. The third kappa shape index (κ3) is 4.41. The number of benzene rings is 1.